The lowest BCUT2D eigenvalue weighted by molar-refractivity contribution is 0.581. The van der Waals surface area contributed by atoms with Crippen LogP contribution in [0, 0.1) is 13.8 Å². The molecule has 0 spiro atoms. The van der Waals surface area contributed by atoms with Crippen molar-refractivity contribution >= 4 is 21.4 Å². The summed E-state index contributed by atoms with van der Waals surface area (Å²) in [5.74, 6) is 0.569. The fraction of sp³-hybridized carbons (Fsp3) is 0.300. The topological polar surface area (TPSA) is 105 Å². The van der Waals surface area contributed by atoms with Crippen LogP contribution in [0.4, 0.5) is 0 Å². The molecule has 2 aromatic rings. The van der Waals surface area contributed by atoms with Crippen molar-refractivity contribution in [3.63, 3.8) is 0 Å². The Labute approximate surface area is 113 Å². The number of H-pyrrole nitrogens is 1. The molecule has 0 atom stereocenters. The Hall–Kier alpha value is -1.58. The zero-order chi connectivity index (χ0) is 14.0. The summed E-state index contributed by atoms with van der Waals surface area (Å²) in [5.41, 5.74) is 0.901. The van der Waals surface area contributed by atoms with E-state index in [9.17, 15) is 13.2 Å². The molecule has 9 heteroatoms. The highest BCUT2D eigenvalue weighted by molar-refractivity contribution is 7.91. The molecule has 0 radical (unpaired) electrons. The lowest BCUT2D eigenvalue weighted by Gasteiger charge is -2.05. The van der Waals surface area contributed by atoms with Gasteiger partial charge in [0.25, 0.3) is 10.0 Å². The summed E-state index contributed by atoms with van der Waals surface area (Å²) >= 11 is 0.665. The van der Waals surface area contributed by atoms with Gasteiger partial charge >= 0.3 is 4.87 Å². The fourth-order valence-corrected chi connectivity index (χ4v) is 3.83. The van der Waals surface area contributed by atoms with Crippen LogP contribution in [0.3, 0.4) is 0 Å². The molecule has 0 bridgehead atoms. The maximum atomic E-state index is 12.0. The molecule has 2 N–H and O–H groups in total. The molecule has 0 aliphatic carbocycles. The zero-order valence-electron chi connectivity index (χ0n) is 10.3. The Kier molecular flexibility index (Phi) is 3.78. The molecule has 0 aliphatic rings. The minimum Gasteiger partial charge on any atom is -0.315 e. The van der Waals surface area contributed by atoms with E-state index in [4.69, 9.17) is 0 Å². The number of aromatic nitrogens is 3. The van der Waals surface area contributed by atoms with E-state index in [0.29, 0.717) is 28.5 Å². The van der Waals surface area contributed by atoms with Gasteiger partial charge in [-0.25, -0.2) is 23.1 Å². The summed E-state index contributed by atoms with van der Waals surface area (Å²) < 4.78 is 26.5. The Morgan fingerprint density at radius 1 is 1.42 bits per heavy atom. The monoisotopic (exact) mass is 300 g/mol. The molecule has 19 heavy (non-hydrogen) atoms. The Morgan fingerprint density at radius 2 is 2.16 bits per heavy atom. The number of rotatable bonds is 4. The lowest BCUT2D eigenvalue weighted by Crippen LogP contribution is -2.23. The molecule has 0 saturated heterocycles. The molecular formula is C10H12N4O3S2. The second kappa shape index (κ2) is 5.19. The van der Waals surface area contributed by atoms with Gasteiger partial charge in [-0.2, -0.15) is 0 Å². The fourth-order valence-electron chi connectivity index (χ4n) is 1.48. The number of sulfonamides is 1. The van der Waals surface area contributed by atoms with Crippen LogP contribution in [0.5, 0.6) is 0 Å². The summed E-state index contributed by atoms with van der Waals surface area (Å²) in [6.45, 7) is 3.32. The first-order chi connectivity index (χ1) is 8.88. The van der Waals surface area contributed by atoms with Gasteiger partial charge in [-0.3, -0.25) is 4.79 Å². The van der Waals surface area contributed by atoms with Crippen molar-refractivity contribution < 1.29 is 8.42 Å². The molecule has 2 aromatic heterocycles. The Morgan fingerprint density at radius 3 is 2.74 bits per heavy atom. The number of hydrogen-bond donors (Lipinski definition) is 2. The standard InChI is InChI=1S/C10H12N4O3S2/c1-6-9(18-10(15)13-6)19(16,17)12-5-8-3-4-11-7(2)14-8/h3-4,12H,5H2,1-2H3,(H,13,15). The lowest BCUT2D eigenvalue weighted by atomic mass is 10.4. The summed E-state index contributed by atoms with van der Waals surface area (Å²) in [5, 5.41) is 0. The molecule has 0 saturated carbocycles. The predicted octanol–water partition coefficient (Wildman–Crippen LogP) is 0.322. The van der Waals surface area contributed by atoms with Gasteiger partial charge in [0.2, 0.25) is 0 Å². The first-order valence-electron chi connectivity index (χ1n) is 5.36. The van der Waals surface area contributed by atoms with Gasteiger partial charge < -0.3 is 4.98 Å². The third-order valence-corrected chi connectivity index (χ3v) is 5.31. The van der Waals surface area contributed by atoms with Gasteiger partial charge in [0.15, 0.2) is 4.21 Å². The molecule has 0 aliphatic heterocycles. The van der Waals surface area contributed by atoms with E-state index in [0.717, 1.165) is 0 Å². The molecule has 2 heterocycles. The first kappa shape index (κ1) is 13.8. The van der Waals surface area contributed by atoms with Crippen LogP contribution >= 0.6 is 11.3 Å². The van der Waals surface area contributed by atoms with Gasteiger partial charge in [0, 0.05) is 11.9 Å². The van der Waals surface area contributed by atoms with E-state index in [1.807, 2.05) is 0 Å². The molecule has 0 unspecified atom stereocenters. The van der Waals surface area contributed by atoms with Crippen molar-refractivity contribution in [3.05, 3.63) is 39.1 Å². The van der Waals surface area contributed by atoms with E-state index in [1.165, 1.54) is 0 Å². The van der Waals surface area contributed by atoms with Crippen molar-refractivity contribution in [2.45, 2.75) is 24.6 Å². The van der Waals surface area contributed by atoms with Crippen LogP contribution in [-0.2, 0) is 16.6 Å². The Bertz CT molecular complexity index is 748. The van der Waals surface area contributed by atoms with Gasteiger partial charge in [0.05, 0.1) is 12.2 Å². The average molecular weight is 300 g/mol. The molecule has 7 nitrogen and oxygen atoms in total. The number of hydrogen-bond acceptors (Lipinski definition) is 6. The quantitative estimate of drug-likeness (QED) is 0.846. The minimum absolute atomic E-state index is 0.00304. The smallest absolute Gasteiger partial charge is 0.305 e. The summed E-state index contributed by atoms with van der Waals surface area (Å²) in [6, 6.07) is 1.63. The van der Waals surface area contributed by atoms with E-state index in [2.05, 4.69) is 19.7 Å². The van der Waals surface area contributed by atoms with Crippen molar-refractivity contribution in [2.75, 3.05) is 0 Å². The van der Waals surface area contributed by atoms with E-state index in [1.54, 1.807) is 26.1 Å². The maximum Gasteiger partial charge on any atom is 0.305 e. The number of aryl methyl sites for hydroxylation is 2. The first-order valence-corrected chi connectivity index (χ1v) is 7.66. The van der Waals surface area contributed by atoms with Crippen LogP contribution in [0.25, 0.3) is 0 Å². The zero-order valence-corrected chi connectivity index (χ0v) is 11.9. The molecule has 102 valence electrons. The third kappa shape index (κ3) is 3.25. The van der Waals surface area contributed by atoms with E-state index >= 15 is 0 Å². The summed E-state index contributed by atoms with van der Waals surface area (Å²) in [6.07, 6.45) is 1.56. The second-order valence-electron chi connectivity index (χ2n) is 3.85. The SMILES string of the molecule is Cc1nccc(CNS(=O)(=O)c2sc(=O)[nH]c2C)n1. The predicted molar refractivity (Wildman–Crippen MR) is 70.5 cm³/mol. The number of aromatic amines is 1. The molecule has 0 aromatic carbocycles. The Balaban J connectivity index is 2.19. The molecule has 2 rings (SSSR count). The highest BCUT2D eigenvalue weighted by Crippen LogP contribution is 2.15. The number of nitrogens with zero attached hydrogens (tertiary/aromatic N) is 2. The molecule has 0 fully saturated rings. The van der Waals surface area contributed by atoms with Gasteiger partial charge in [-0.1, -0.05) is 11.3 Å². The van der Waals surface area contributed by atoms with Gasteiger partial charge in [0.1, 0.15) is 5.82 Å². The molecular weight excluding hydrogens is 288 g/mol. The van der Waals surface area contributed by atoms with Crippen LogP contribution < -0.4 is 9.60 Å². The number of thiazole rings is 1. The van der Waals surface area contributed by atoms with Crippen molar-refractivity contribution in [3.8, 4) is 0 Å². The van der Waals surface area contributed by atoms with Crippen LogP contribution in [-0.4, -0.2) is 23.4 Å². The van der Waals surface area contributed by atoms with E-state index < -0.39 is 14.9 Å². The van der Waals surface area contributed by atoms with Crippen molar-refractivity contribution in [1.29, 1.82) is 0 Å². The van der Waals surface area contributed by atoms with Crippen LogP contribution in [0.15, 0.2) is 21.3 Å². The average Bonchev–Trinajstić information content (AvgIpc) is 2.67. The van der Waals surface area contributed by atoms with Gasteiger partial charge in [-0.05, 0) is 19.9 Å². The normalized spacial score (nSPS) is 11.7. The maximum absolute atomic E-state index is 12.0. The van der Waals surface area contributed by atoms with Gasteiger partial charge in [-0.15, -0.1) is 0 Å². The van der Waals surface area contributed by atoms with E-state index in [-0.39, 0.29) is 10.8 Å². The summed E-state index contributed by atoms with van der Waals surface area (Å²) in [7, 11) is -3.70. The van der Waals surface area contributed by atoms with Crippen molar-refractivity contribution in [2.24, 2.45) is 0 Å². The summed E-state index contributed by atoms with van der Waals surface area (Å²) in [4.78, 5) is 21.2. The van der Waals surface area contributed by atoms with Crippen LogP contribution in [0.1, 0.15) is 17.2 Å². The minimum atomic E-state index is -3.70. The van der Waals surface area contributed by atoms with Crippen molar-refractivity contribution in [1.82, 2.24) is 19.7 Å². The molecule has 0 amide bonds. The number of nitrogens with one attached hydrogen (secondary N) is 2. The van der Waals surface area contributed by atoms with Crippen LogP contribution in [0.2, 0.25) is 0 Å². The second-order valence-corrected chi connectivity index (χ2v) is 6.79. The largest absolute Gasteiger partial charge is 0.315 e. The highest BCUT2D eigenvalue weighted by atomic mass is 32.2. The highest BCUT2D eigenvalue weighted by Gasteiger charge is 2.20. The third-order valence-electron chi connectivity index (χ3n) is 2.30.